The number of ether oxygens (including phenoxy) is 1. The van der Waals surface area contributed by atoms with Crippen molar-refractivity contribution in [3.63, 3.8) is 0 Å². The number of nitrogens with two attached hydrogens (primary N) is 1. The topological polar surface area (TPSA) is 167 Å². The van der Waals surface area contributed by atoms with Crippen molar-refractivity contribution < 1.29 is 33.4 Å². The Kier molecular flexibility index (Phi) is 19.6. The molecule has 59 heavy (non-hydrogen) atoms. The van der Waals surface area contributed by atoms with Crippen LogP contribution in [0.3, 0.4) is 0 Å². The molecular formula is C45H71FN6O6S. The predicted molar refractivity (Wildman–Crippen MR) is 234 cm³/mol. The molecule has 6 atom stereocenters. The summed E-state index contributed by atoms with van der Waals surface area (Å²) in [6.07, 6.45) is 8.66. The van der Waals surface area contributed by atoms with Gasteiger partial charge in [0, 0.05) is 30.6 Å². The number of rotatable bonds is 26. The summed E-state index contributed by atoms with van der Waals surface area (Å²) in [5.74, 6) is -2.35. The first-order chi connectivity index (χ1) is 27.9. The Morgan fingerprint density at radius 2 is 1.93 bits per heavy atom. The number of nitrogens with zero attached hydrogens (tertiary/aromatic N) is 3. The van der Waals surface area contributed by atoms with Gasteiger partial charge in [-0.1, -0.05) is 71.1 Å². The summed E-state index contributed by atoms with van der Waals surface area (Å²) < 4.78 is 20.7. The second-order valence-electron chi connectivity index (χ2n) is 17.2. The molecule has 330 valence electrons. The smallest absolute Gasteiger partial charge is 0.309 e. The van der Waals surface area contributed by atoms with Crippen molar-refractivity contribution in [2.75, 3.05) is 39.0 Å². The van der Waals surface area contributed by atoms with Crippen LogP contribution in [0.25, 0.3) is 0 Å². The first-order valence-corrected chi connectivity index (χ1v) is 22.3. The minimum atomic E-state index is -1.18. The Morgan fingerprint density at radius 3 is 2.53 bits per heavy atom. The monoisotopic (exact) mass is 843 g/mol. The molecule has 2 amide bonds. The number of benzene rings is 1. The molecule has 1 fully saturated rings. The average molecular weight is 843 g/mol. The molecule has 0 bridgehead atoms. The summed E-state index contributed by atoms with van der Waals surface area (Å²) in [4.78, 5) is 62.3. The fourth-order valence-corrected chi connectivity index (χ4v) is 8.83. The largest absolute Gasteiger partial charge is 0.481 e. The van der Waals surface area contributed by atoms with Gasteiger partial charge in [-0.3, -0.25) is 24.2 Å². The lowest BCUT2D eigenvalue weighted by Gasteiger charge is -2.44. The number of carbonyl (C=O) groups is 4. The predicted octanol–water partition coefficient (Wildman–Crippen LogP) is 7.59. The summed E-state index contributed by atoms with van der Waals surface area (Å²) in [6.45, 7) is 19.9. The summed E-state index contributed by atoms with van der Waals surface area (Å²) in [6, 6.07) is 3.21. The molecule has 0 saturated carbocycles. The van der Waals surface area contributed by atoms with Gasteiger partial charge in [0.05, 0.1) is 17.1 Å². The van der Waals surface area contributed by atoms with Crippen LogP contribution in [0.5, 0.6) is 0 Å². The Bertz CT molecular complexity index is 1700. The molecule has 1 aromatic heterocycles. The number of thiazole rings is 1. The maximum absolute atomic E-state index is 14.4. The highest BCUT2D eigenvalue weighted by molar-refractivity contribution is 7.09. The Morgan fingerprint density at radius 1 is 1.20 bits per heavy atom. The number of piperidine rings is 1. The van der Waals surface area contributed by atoms with Crippen LogP contribution < -0.4 is 16.4 Å². The molecule has 0 spiro atoms. The van der Waals surface area contributed by atoms with E-state index >= 15 is 0 Å². The van der Waals surface area contributed by atoms with Crippen molar-refractivity contribution in [2.45, 2.75) is 149 Å². The highest BCUT2D eigenvalue weighted by atomic mass is 32.1. The molecule has 3 rings (SSSR count). The quantitative estimate of drug-likeness (QED) is 0.0321. The van der Waals surface area contributed by atoms with E-state index in [1.807, 2.05) is 34.7 Å². The number of likely N-dealkylation sites (tertiary alicyclic amines) is 1. The van der Waals surface area contributed by atoms with Gasteiger partial charge in [0.2, 0.25) is 5.91 Å². The highest BCUT2D eigenvalue weighted by Crippen LogP contribution is 2.33. The number of carboxylic acids is 1. The second-order valence-corrected chi connectivity index (χ2v) is 18.1. The molecular weight excluding hydrogens is 772 g/mol. The molecule has 0 aliphatic carbocycles. The molecule has 2 aromatic rings. The number of nitrogen functional groups attached to an aromatic ring is 1. The van der Waals surface area contributed by atoms with Crippen molar-refractivity contribution in [3.05, 3.63) is 57.8 Å². The van der Waals surface area contributed by atoms with E-state index in [2.05, 4.69) is 33.9 Å². The number of hydrogen-bond acceptors (Lipinski definition) is 10. The van der Waals surface area contributed by atoms with E-state index in [9.17, 15) is 28.7 Å². The minimum absolute atomic E-state index is 0.000553. The van der Waals surface area contributed by atoms with Crippen molar-refractivity contribution in [1.82, 2.24) is 25.4 Å². The minimum Gasteiger partial charge on any atom is -0.481 e. The third kappa shape index (κ3) is 14.2. The molecule has 1 aliphatic rings. The van der Waals surface area contributed by atoms with Gasteiger partial charge in [0.25, 0.3) is 5.91 Å². The standard InChI is InChI=1S/C45H71FN6O6S/c1-10-13-14-16-22-52(28-45(29-53,31(6)11-2)50-41(55)37-18-15-17-21-51(37)9)38(30(4)5)25-39(58-12-3)42-49-36(27-59-42)40(54)48-33(26-44(7,8)43(56)57)23-32-19-20-35(47)34(46)24-32/h19-20,24,27,29,31,33,37-39H,4,10-18,21-23,25-26,28,47H2,1-3,5-9H3,(H,48,54)(H,50,55)(H,56,57)/t31-,33-,37+,38+,39+,45-/m0/s1. The number of hydrogen-bond donors (Lipinski definition) is 4. The SMILES string of the molecule is C=C(C)[C@@H](C[C@@H](OCC)c1nc(C(=O)N[C@@H](Cc2ccc(N)c(F)c2)CC(C)(C)C(=O)O)cs1)N(CCCCCC)C[C@@](C=O)(NC(=O)[C@H]1CCCCN1C)[C@@H](C)CC. The first-order valence-electron chi connectivity index (χ1n) is 21.4. The lowest BCUT2D eigenvalue weighted by Crippen LogP contribution is -2.65. The van der Waals surface area contributed by atoms with Crippen LogP contribution in [0.2, 0.25) is 0 Å². The van der Waals surface area contributed by atoms with Crippen LogP contribution in [0, 0.1) is 17.2 Å². The van der Waals surface area contributed by atoms with E-state index in [1.54, 1.807) is 25.3 Å². The van der Waals surface area contributed by atoms with Gasteiger partial charge in [0.1, 0.15) is 34.4 Å². The maximum atomic E-state index is 14.4. The van der Waals surface area contributed by atoms with E-state index in [0.29, 0.717) is 43.1 Å². The van der Waals surface area contributed by atoms with Crippen LogP contribution >= 0.6 is 11.3 Å². The van der Waals surface area contributed by atoms with Gasteiger partial charge in [0.15, 0.2) is 0 Å². The summed E-state index contributed by atoms with van der Waals surface area (Å²) in [5, 5.41) is 18.4. The molecule has 1 aliphatic heterocycles. The third-order valence-corrected chi connectivity index (χ3v) is 12.9. The molecule has 1 aromatic carbocycles. The number of nitrogens with one attached hydrogen (secondary N) is 2. The van der Waals surface area contributed by atoms with E-state index in [1.165, 1.54) is 23.5 Å². The van der Waals surface area contributed by atoms with Gasteiger partial charge in [-0.15, -0.1) is 11.3 Å². The van der Waals surface area contributed by atoms with Crippen molar-refractivity contribution >= 4 is 41.1 Å². The first kappa shape index (κ1) is 49.6. The van der Waals surface area contributed by atoms with Gasteiger partial charge in [-0.2, -0.15) is 0 Å². The Hall–Kier alpha value is -3.72. The normalized spacial score (nSPS) is 18.0. The molecule has 5 N–H and O–H groups in total. The van der Waals surface area contributed by atoms with Crippen LogP contribution in [-0.4, -0.2) is 101 Å². The Labute approximate surface area is 355 Å². The number of unbranched alkanes of at least 4 members (excludes halogenated alkanes) is 3. The molecule has 12 nitrogen and oxygen atoms in total. The van der Waals surface area contributed by atoms with Crippen LogP contribution in [0.4, 0.5) is 10.1 Å². The molecule has 1 saturated heterocycles. The zero-order valence-corrected chi connectivity index (χ0v) is 37.6. The maximum Gasteiger partial charge on any atom is 0.309 e. The second kappa shape index (κ2) is 23.3. The van der Waals surface area contributed by atoms with Gasteiger partial charge in [-0.05, 0) is 110 Å². The van der Waals surface area contributed by atoms with Crippen molar-refractivity contribution in [2.24, 2.45) is 11.3 Å². The van der Waals surface area contributed by atoms with Crippen molar-refractivity contribution in [1.29, 1.82) is 0 Å². The summed E-state index contributed by atoms with van der Waals surface area (Å²) in [7, 11) is 1.97. The number of likely N-dealkylation sites (N-methyl/N-ethyl adjacent to an activating group) is 1. The van der Waals surface area contributed by atoms with E-state index < -0.39 is 40.8 Å². The summed E-state index contributed by atoms with van der Waals surface area (Å²) >= 11 is 1.30. The third-order valence-electron chi connectivity index (χ3n) is 12.0. The highest BCUT2D eigenvalue weighted by Gasteiger charge is 2.43. The number of halogens is 1. The fraction of sp³-hybridized carbons (Fsp3) is 0.667. The average Bonchev–Trinajstić information content (AvgIpc) is 3.69. The van der Waals surface area contributed by atoms with E-state index in [-0.39, 0.29) is 48.1 Å². The Balaban J connectivity index is 1.94. The molecule has 0 unspecified atom stereocenters. The van der Waals surface area contributed by atoms with Gasteiger partial charge in [-0.25, -0.2) is 9.37 Å². The number of anilines is 1. The molecule has 0 radical (unpaired) electrons. The number of carboxylic acid groups (broad SMARTS) is 1. The number of aldehydes is 1. The van der Waals surface area contributed by atoms with Crippen LogP contribution in [-0.2, 0) is 25.5 Å². The van der Waals surface area contributed by atoms with Crippen LogP contribution in [0.1, 0.15) is 140 Å². The number of aromatic nitrogens is 1. The lowest BCUT2D eigenvalue weighted by molar-refractivity contribution is -0.147. The number of amides is 2. The van der Waals surface area contributed by atoms with Crippen LogP contribution in [0.15, 0.2) is 35.7 Å². The number of carbonyl (C=O) groups excluding carboxylic acids is 3. The summed E-state index contributed by atoms with van der Waals surface area (Å²) in [5.41, 5.74) is 4.97. The van der Waals surface area contributed by atoms with E-state index in [0.717, 1.165) is 63.3 Å². The molecule has 14 heteroatoms. The van der Waals surface area contributed by atoms with Gasteiger partial charge >= 0.3 is 5.97 Å². The number of aliphatic carboxylic acids is 1. The fourth-order valence-electron chi connectivity index (χ4n) is 7.97. The zero-order chi connectivity index (χ0) is 43.9. The van der Waals surface area contributed by atoms with Crippen molar-refractivity contribution in [3.8, 4) is 0 Å². The van der Waals surface area contributed by atoms with E-state index in [4.69, 9.17) is 15.5 Å². The zero-order valence-electron chi connectivity index (χ0n) is 36.8. The van der Waals surface area contributed by atoms with Gasteiger partial charge < -0.3 is 31.0 Å². The lowest BCUT2D eigenvalue weighted by atomic mass is 9.82. The molecule has 2 heterocycles.